The van der Waals surface area contributed by atoms with E-state index in [9.17, 15) is 4.79 Å². The lowest BCUT2D eigenvalue weighted by atomic mass is 9.87. The van der Waals surface area contributed by atoms with Gasteiger partial charge in [0.2, 0.25) is 5.82 Å². The fourth-order valence-electron chi connectivity index (χ4n) is 4.02. The molecule has 2 unspecified atom stereocenters. The Morgan fingerprint density at radius 1 is 1.27 bits per heavy atom. The minimum atomic E-state index is -0.0909. The minimum Gasteiger partial charge on any atom is -0.332 e. The van der Waals surface area contributed by atoms with Crippen LogP contribution in [0.5, 0.6) is 0 Å². The van der Waals surface area contributed by atoms with Gasteiger partial charge in [-0.2, -0.15) is 4.98 Å². The molecule has 0 N–H and O–H groups in total. The van der Waals surface area contributed by atoms with E-state index in [4.69, 9.17) is 0 Å². The van der Waals surface area contributed by atoms with E-state index in [0.29, 0.717) is 11.7 Å². The number of aromatic nitrogens is 4. The summed E-state index contributed by atoms with van der Waals surface area (Å²) in [7, 11) is 0. The summed E-state index contributed by atoms with van der Waals surface area (Å²) >= 11 is 0. The van der Waals surface area contributed by atoms with Crippen LogP contribution in [0.3, 0.4) is 0 Å². The summed E-state index contributed by atoms with van der Waals surface area (Å²) in [5.74, 6) is 0.951. The first-order valence-corrected chi connectivity index (χ1v) is 9.23. The molecule has 134 valence electrons. The van der Waals surface area contributed by atoms with Crippen molar-refractivity contribution in [2.75, 3.05) is 6.54 Å². The quantitative estimate of drug-likeness (QED) is 0.725. The van der Waals surface area contributed by atoms with Crippen LogP contribution in [0.2, 0.25) is 0 Å². The van der Waals surface area contributed by atoms with Crippen molar-refractivity contribution in [2.24, 2.45) is 0 Å². The van der Waals surface area contributed by atoms with E-state index in [1.165, 1.54) is 5.56 Å². The number of rotatable bonds is 4. The van der Waals surface area contributed by atoms with Gasteiger partial charge in [0, 0.05) is 30.4 Å². The first-order valence-electron chi connectivity index (χ1n) is 9.23. The summed E-state index contributed by atoms with van der Waals surface area (Å²) in [6, 6.07) is 12.5. The number of fused-ring (bicyclic) bond motifs is 1. The molecule has 2 atom stereocenters. The Labute approximate surface area is 152 Å². The van der Waals surface area contributed by atoms with Crippen LogP contribution in [-0.2, 0) is 0 Å². The molecular formula is C20H23N5O. The zero-order valence-corrected chi connectivity index (χ0v) is 15.2. The van der Waals surface area contributed by atoms with Crippen molar-refractivity contribution in [1.29, 1.82) is 0 Å². The van der Waals surface area contributed by atoms with Crippen LogP contribution in [0.15, 0.2) is 42.6 Å². The number of hydrogen-bond donors (Lipinski definition) is 0. The van der Waals surface area contributed by atoms with Gasteiger partial charge in [-0.3, -0.25) is 4.79 Å². The lowest BCUT2D eigenvalue weighted by Crippen LogP contribution is -2.39. The number of nitrogens with zero attached hydrogens (tertiary/aromatic N) is 5. The number of carbonyl (C=O) groups is 1. The van der Waals surface area contributed by atoms with E-state index < -0.39 is 0 Å². The second-order valence-electron chi connectivity index (χ2n) is 6.87. The van der Waals surface area contributed by atoms with Crippen LogP contribution < -0.4 is 0 Å². The summed E-state index contributed by atoms with van der Waals surface area (Å²) in [5, 5.41) is 4.40. The second-order valence-corrected chi connectivity index (χ2v) is 6.87. The highest BCUT2D eigenvalue weighted by Crippen LogP contribution is 2.34. The molecule has 1 amide bonds. The van der Waals surface area contributed by atoms with E-state index >= 15 is 0 Å². The van der Waals surface area contributed by atoms with E-state index in [1.807, 2.05) is 24.0 Å². The minimum absolute atomic E-state index is 0.0909. The van der Waals surface area contributed by atoms with Gasteiger partial charge in [0.25, 0.3) is 11.7 Å². The van der Waals surface area contributed by atoms with Crippen LogP contribution in [0.25, 0.3) is 5.78 Å². The maximum atomic E-state index is 13.1. The highest BCUT2D eigenvalue weighted by atomic mass is 16.2. The van der Waals surface area contributed by atoms with Gasteiger partial charge in [0.15, 0.2) is 0 Å². The summed E-state index contributed by atoms with van der Waals surface area (Å²) < 4.78 is 1.63. The van der Waals surface area contributed by atoms with Crippen LogP contribution in [0, 0.1) is 6.92 Å². The predicted molar refractivity (Wildman–Crippen MR) is 99.1 cm³/mol. The second kappa shape index (κ2) is 6.86. The number of carbonyl (C=O) groups excluding carboxylic acids is 1. The zero-order valence-electron chi connectivity index (χ0n) is 15.2. The maximum Gasteiger partial charge on any atom is 0.293 e. The molecule has 3 heterocycles. The van der Waals surface area contributed by atoms with Gasteiger partial charge in [0.05, 0.1) is 0 Å². The molecule has 0 radical (unpaired) electrons. The number of hydrogen-bond acceptors (Lipinski definition) is 4. The fraction of sp³-hybridized carbons (Fsp3) is 0.400. The van der Waals surface area contributed by atoms with Crippen molar-refractivity contribution < 1.29 is 4.79 Å². The van der Waals surface area contributed by atoms with Gasteiger partial charge < -0.3 is 4.90 Å². The third-order valence-electron chi connectivity index (χ3n) is 5.31. The van der Waals surface area contributed by atoms with Crippen LogP contribution in [0.4, 0.5) is 0 Å². The summed E-state index contributed by atoms with van der Waals surface area (Å²) in [6.45, 7) is 4.88. The van der Waals surface area contributed by atoms with Crippen molar-refractivity contribution in [3.8, 4) is 0 Å². The number of aryl methyl sites for hydroxylation is 1. The van der Waals surface area contributed by atoms with Crippen molar-refractivity contribution in [3.63, 3.8) is 0 Å². The molecular weight excluding hydrogens is 326 g/mol. The first kappa shape index (κ1) is 16.7. The molecule has 4 rings (SSSR count). The number of benzene rings is 1. The molecule has 1 aliphatic heterocycles. The fourth-order valence-corrected chi connectivity index (χ4v) is 4.02. The third-order valence-corrected chi connectivity index (χ3v) is 5.31. The van der Waals surface area contributed by atoms with Crippen molar-refractivity contribution in [2.45, 2.75) is 45.1 Å². The SMILES string of the molecule is CCC(c1ccccc1)C1CCCN1C(=O)c1nc2nccc(C)n2n1. The van der Waals surface area contributed by atoms with E-state index in [1.54, 1.807) is 10.7 Å². The molecule has 1 saturated heterocycles. The Bertz CT molecular complexity index is 920. The lowest BCUT2D eigenvalue weighted by molar-refractivity contribution is 0.0702. The Morgan fingerprint density at radius 3 is 2.81 bits per heavy atom. The molecule has 6 nitrogen and oxygen atoms in total. The highest BCUT2D eigenvalue weighted by molar-refractivity contribution is 5.91. The Morgan fingerprint density at radius 2 is 2.08 bits per heavy atom. The third kappa shape index (κ3) is 2.85. The molecule has 1 fully saturated rings. The molecule has 1 aliphatic rings. The standard InChI is InChI=1S/C20H23N5O/c1-3-16(15-8-5-4-6-9-15)17-10-7-13-24(17)19(26)18-22-20-21-12-11-14(2)25(20)23-18/h4-6,8-9,11-12,16-17H,3,7,10,13H2,1-2H3. The largest absolute Gasteiger partial charge is 0.332 e. The molecule has 0 aliphatic carbocycles. The highest BCUT2D eigenvalue weighted by Gasteiger charge is 2.36. The van der Waals surface area contributed by atoms with Gasteiger partial charge in [-0.25, -0.2) is 9.50 Å². The summed E-state index contributed by atoms with van der Waals surface area (Å²) in [4.78, 5) is 23.7. The normalized spacial score (nSPS) is 18.4. The maximum absolute atomic E-state index is 13.1. The van der Waals surface area contributed by atoms with Gasteiger partial charge in [-0.15, -0.1) is 5.10 Å². The van der Waals surface area contributed by atoms with Crippen LogP contribution in [0.1, 0.15) is 54.0 Å². The Balaban J connectivity index is 1.64. The summed E-state index contributed by atoms with van der Waals surface area (Å²) in [6.07, 6.45) is 4.72. The lowest BCUT2D eigenvalue weighted by Gasteiger charge is -2.31. The van der Waals surface area contributed by atoms with Crippen molar-refractivity contribution in [3.05, 3.63) is 59.7 Å². The number of likely N-dealkylation sites (tertiary alicyclic amines) is 1. The summed E-state index contributed by atoms with van der Waals surface area (Å²) in [5.41, 5.74) is 2.20. The number of amides is 1. The van der Waals surface area contributed by atoms with E-state index in [0.717, 1.165) is 31.5 Å². The van der Waals surface area contributed by atoms with Crippen molar-refractivity contribution >= 4 is 11.7 Å². The van der Waals surface area contributed by atoms with Gasteiger partial charge >= 0.3 is 0 Å². The average Bonchev–Trinajstić information content (AvgIpc) is 3.31. The molecule has 2 aromatic heterocycles. The topological polar surface area (TPSA) is 63.4 Å². The molecule has 1 aromatic carbocycles. The molecule has 3 aromatic rings. The van der Waals surface area contributed by atoms with Gasteiger partial charge in [-0.1, -0.05) is 37.3 Å². The van der Waals surface area contributed by atoms with Crippen LogP contribution in [-0.4, -0.2) is 43.0 Å². The van der Waals surface area contributed by atoms with Gasteiger partial charge in [-0.05, 0) is 37.8 Å². The van der Waals surface area contributed by atoms with Crippen molar-refractivity contribution in [1.82, 2.24) is 24.5 Å². The van der Waals surface area contributed by atoms with E-state index in [-0.39, 0.29) is 17.8 Å². The monoisotopic (exact) mass is 349 g/mol. The molecule has 0 spiro atoms. The van der Waals surface area contributed by atoms with Gasteiger partial charge in [0.1, 0.15) is 0 Å². The molecule has 6 heteroatoms. The zero-order chi connectivity index (χ0) is 18.1. The molecule has 0 saturated carbocycles. The average molecular weight is 349 g/mol. The van der Waals surface area contributed by atoms with Crippen LogP contribution >= 0.6 is 0 Å². The van der Waals surface area contributed by atoms with E-state index in [2.05, 4.69) is 46.3 Å². The molecule has 26 heavy (non-hydrogen) atoms. The predicted octanol–water partition coefficient (Wildman–Crippen LogP) is 3.23. The Hall–Kier alpha value is -2.76. The smallest absolute Gasteiger partial charge is 0.293 e. The first-order chi connectivity index (χ1) is 12.7. The Kier molecular flexibility index (Phi) is 4.41. The molecule has 0 bridgehead atoms.